The van der Waals surface area contributed by atoms with Gasteiger partial charge in [0.1, 0.15) is 11.3 Å². The Hall–Kier alpha value is 3.91. The second-order valence-electron chi connectivity index (χ2n) is 29.7. The molecule has 0 spiro atoms. The van der Waals surface area contributed by atoms with Crippen LogP contribution in [0.15, 0.2) is 106 Å². The minimum absolute atomic E-state index is 0. The van der Waals surface area contributed by atoms with Crippen LogP contribution < -0.4 is 5.46 Å². The molecule has 5 fully saturated rings. The third-order valence-electron chi connectivity index (χ3n) is 18.4. The number of aliphatic imine (C=N–C) groups is 4. The number of carbonyl (C=O) groups excluding carboxylic acids is 3. The number of nitrogens with zero attached hydrogens (tertiary/aromatic N) is 7. The van der Waals surface area contributed by atoms with Crippen molar-refractivity contribution < 1.29 is 37.9 Å². The van der Waals surface area contributed by atoms with Crippen LogP contribution in [0.5, 0.6) is 0 Å². The number of hydrogen-bond acceptors (Lipinski definition) is 11. The molecule has 4 saturated heterocycles. The van der Waals surface area contributed by atoms with Crippen LogP contribution >= 0.6 is 292 Å². The molecule has 0 radical (unpaired) electrons. The molecule has 0 N–H and O–H groups in total. The average Bonchev–Trinajstić information content (AvgIpc) is 1.63. The molecule has 1 aliphatic carbocycles. The van der Waals surface area contributed by atoms with Gasteiger partial charge in [-0.1, -0.05) is 227 Å². The van der Waals surface area contributed by atoms with E-state index in [0.29, 0.717) is 15.5 Å². The standard InChI is InChI=1S/C19H27BN2O2.C17H21BrN2O2.C14H15BrN2O.C13H14BrN.C6H12O.C4H10.CHI3.CH2I2.I2.2HI.4H2S.V/c1-18(2)19(3,4)24-20(23-18)14-8-9-15-13(11-14)12-16(21-15)17-7-6-10-22(17)5;1-17(2,3)22-16(21)20-8-4-5-15(20)14-10-11-9-12(18)6-7-13(11)19-14;1-9(18)17-6-2-3-14(17)13-8-10-7-11(15)4-5-12(10)16-13;14-11-5-6-12-10(7-11)8-13(15-12)9-3-1-2-4-9;1-5(7)6(2,3)4;1-4(2)3;2-1(3)4;2-1-3;1-2;;;;;;;/h8-9,11,17H,6-7,10,12H2,1-5H3;6-7,9,15H,4-5,8,10H2,1-3H3;4-5,7,14H,2-3,6,8H2,1H3;5-7,9H,1-4,8H2;1-4H3;4H,1-3H3;1H;1H2;;2*1H;4*1H2;/q;;;;;;;;;;;;;;;+2/p-2/t17-;15-;14-;;;;;;;;;;;;;/m000............./s1. The van der Waals surface area contributed by atoms with Gasteiger partial charge in [0.25, 0.3) is 0 Å². The molecule has 3 atom stereocenters. The quantitative estimate of drug-likeness (QED) is 0.110. The zero-order valence-corrected chi connectivity index (χ0v) is 93.3. The predicted molar refractivity (Wildman–Crippen MR) is 559 cm³/mol. The predicted octanol–water partition coefficient (Wildman–Crippen LogP) is 26.2. The van der Waals surface area contributed by atoms with Gasteiger partial charge in [-0.15, -0.1) is 0 Å². The normalized spacial score (nSPS) is 19.2. The van der Waals surface area contributed by atoms with E-state index in [2.05, 4.69) is 347 Å². The first-order chi connectivity index (χ1) is 47.8. The topological polar surface area (TPSA) is 138 Å². The SMILES string of the molecule is Brc1ccc2c(c1)CC(C1CCCC1)=N2.CC(=O)C(C)(C)C.CC(=O)N1CCC[C@H]1C1=Nc2ccc(Br)cc2C1.CC(C)(C)OC(=O)N1CCC[C@H]1C1=Nc2ccc(Br)cc2C1.CC(C)C.CN1CCC[C@H]1C1=Nc2ccc(B3OC(C)(C)C(C)(C)O3)cc2C1.IC(I)I.ICI.II.S.S.S.S.[I][V][I]. The van der Waals surface area contributed by atoms with Gasteiger partial charge >= 0.3 is 62.6 Å². The number of amides is 2. The summed E-state index contributed by atoms with van der Waals surface area (Å²) in [5, 5.41) is 0. The number of fused-ring (bicyclic) bond motifs is 4. The number of benzene rings is 4. The van der Waals surface area contributed by atoms with Crippen molar-refractivity contribution in [3.63, 3.8) is 0 Å². The summed E-state index contributed by atoms with van der Waals surface area (Å²) in [6.45, 7) is 32.4. The van der Waals surface area contributed by atoms with Crippen LogP contribution in [-0.4, -0.2) is 126 Å². The zero-order chi connectivity index (χ0) is 76.6. The van der Waals surface area contributed by atoms with Crippen molar-refractivity contribution in [2.75, 3.05) is 29.1 Å². The van der Waals surface area contributed by atoms with Crippen molar-refractivity contribution in [3.05, 3.63) is 108 Å². The van der Waals surface area contributed by atoms with Gasteiger partial charge in [0.05, 0.1) is 48.5 Å². The average molecular weight is 2780 g/mol. The van der Waals surface area contributed by atoms with Gasteiger partial charge in [0.15, 0.2) is 0 Å². The number of ketones is 1. The molecular weight excluding hydrogens is 2670 g/mol. The molecule has 2 amide bonds. The fourth-order valence-electron chi connectivity index (χ4n) is 12.5. The molecule has 13 nitrogen and oxygen atoms in total. The van der Waals surface area contributed by atoms with Crippen LogP contribution in [0.1, 0.15) is 190 Å². The Morgan fingerprint density at radius 3 is 1.23 bits per heavy atom. The Kier molecular flexibility index (Phi) is 56.2. The Morgan fingerprint density at radius 1 is 0.566 bits per heavy atom. The van der Waals surface area contributed by atoms with Crippen molar-refractivity contribution in [2.45, 2.75) is 229 Å². The second-order valence-corrected chi connectivity index (χ2v) is 59.6. The van der Waals surface area contributed by atoms with Gasteiger partial charge in [0.2, 0.25) is 5.91 Å². The maximum absolute atomic E-state index is 12.4. The van der Waals surface area contributed by atoms with E-state index in [1.165, 1.54) is 91.3 Å². The van der Waals surface area contributed by atoms with Gasteiger partial charge in [-0.05, 0) is 221 Å². The monoisotopic (exact) mass is 2770 g/mol. The van der Waals surface area contributed by atoms with E-state index in [4.69, 9.17) is 34.0 Å². The van der Waals surface area contributed by atoms with E-state index >= 15 is 0 Å². The molecule has 13 rings (SSSR count). The molecule has 0 unspecified atom stereocenters. The summed E-state index contributed by atoms with van der Waals surface area (Å²) in [5.41, 5.74) is 14.4. The molecule has 4 aromatic rings. The number of rotatable bonds is 5. The number of carbonyl (C=O) groups is 3. The van der Waals surface area contributed by atoms with E-state index in [1.807, 2.05) is 75.6 Å². The number of halogens is 12. The van der Waals surface area contributed by atoms with Gasteiger partial charge in [-0.2, -0.15) is 54.0 Å². The minimum atomic E-state index is -0.463. The fourth-order valence-corrected chi connectivity index (χ4v) is 13.7. The van der Waals surface area contributed by atoms with Crippen LogP contribution in [0, 0.1) is 17.3 Å². The van der Waals surface area contributed by atoms with Crippen LogP contribution in [0.4, 0.5) is 27.5 Å². The molecule has 31 heteroatoms. The van der Waals surface area contributed by atoms with Crippen LogP contribution in [0.2, 0.25) is 0 Å². The maximum atomic E-state index is 12.4. The Balaban J connectivity index is 0.00000126. The van der Waals surface area contributed by atoms with E-state index < -0.39 is 5.60 Å². The molecule has 597 valence electrons. The molecule has 1 saturated carbocycles. The number of Topliss-reactive ketones (excluding diaryl/α,β-unsaturated/α-hetero) is 1. The summed E-state index contributed by atoms with van der Waals surface area (Å²) in [7, 11) is 2.54. The van der Waals surface area contributed by atoms with Crippen molar-refractivity contribution in [2.24, 2.45) is 37.2 Å². The molecule has 9 aliphatic rings. The molecule has 0 bridgehead atoms. The first-order valence-corrected chi connectivity index (χ1v) is 59.0. The summed E-state index contributed by atoms with van der Waals surface area (Å²) in [4.78, 5) is 59.8. The Bertz CT molecular complexity index is 3510. The number of hydrogen-bond donors (Lipinski definition) is 0. The van der Waals surface area contributed by atoms with Crippen LogP contribution in [-0.2, 0) is 58.8 Å². The summed E-state index contributed by atoms with van der Waals surface area (Å²) >= 11 is 31.0. The van der Waals surface area contributed by atoms with Crippen molar-refractivity contribution >= 4 is 368 Å². The van der Waals surface area contributed by atoms with E-state index in [-0.39, 0.29) is 108 Å². The molecular formula is C75H110BBr3I9N7O6S4V. The first-order valence-electron chi connectivity index (χ1n) is 34.5. The number of likely N-dealkylation sites (tertiary alicyclic amines) is 3. The summed E-state index contributed by atoms with van der Waals surface area (Å²) < 4.78 is 23.2. The van der Waals surface area contributed by atoms with Crippen LogP contribution in [0.3, 0.4) is 0 Å². The molecule has 8 heterocycles. The molecule has 4 aromatic carbocycles. The number of ether oxygens (including phenoxy) is 1. The van der Waals surface area contributed by atoms with E-state index in [1.54, 1.807) is 13.8 Å². The fraction of sp³-hybridized carbons (Fsp3) is 0.587. The summed E-state index contributed by atoms with van der Waals surface area (Å²) in [6, 6.07) is 26.0. The van der Waals surface area contributed by atoms with Gasteiger partial charge < -0.3 is 18.9 Å². The van der Waals surface area contributed by atoms with Crippen molar-refractivity contribution in [1.29, 1.82) is 0 Å². The van der Waals surface area contributed by atoms with Gasteiger partial charge in [0, 0.05) is 131 Å². The van der Waals surface area contributed by atoms with Gasteiger partial charge in [-0.25, -0.2) is 4.79 Å². The molecule has 106 heavy (non-hydrogen) atoms. The Labute approximate surface area is 810 Å². The van der Waals surface area contributed by atoms with E-state index in [0.717, 1.165) is 119 Å². The third-order valence-corrected chi connectivity index (χ3v) is 19.9. The summed E-state index contributed by atoms with van der Waals surface area (Å²) in [6.07, 6.45) is 15.6. The van der Waals surface area contributed by atoms with Gasteiger partial charge in [-0.3, -0.25) is 39.4 Å². The molecule has 8 aliphatic heterocycles. The first kappa shape index (κ1) is 110. The van der Waals surface area contributed by atoms with E-state index in [9.17, 15) is 14.4 Å². The number of alkyl halides is 5. The zero-order valence-electron chi connectivity index (χ0n) is 63.8. The summed E-state index contributed by atoms with van der Waals surface area (Å²) in [5.74, 6) is 2.01. The molecule has 0 aromatic heterocycles. The third kappa shape index (κ3) is 36.9. The Morgan fingerprint density at radius 2 is 0.877 bits per heavy atom. The van der Waals surface area contributed by atoms with Crippen LogP contribution in [0.25, 0.3) is 0 Å². The van der Waals surface area contributed by atoms with Crippen molar-refractivity contribution in [3.8, 4) is 0 Å². The second kappa shape index (κ2) is 54.2. The van der Waals surface area contributed by atoms with Crippen molar-refractivity contribution in [1.82, 2.24) is 14.7 Å².